The van der Waals surface area contributed by atoms with Crippen LogP contribution in [0.25, 0.3) is 0 Å². The van der Waals surface area contributed by atoms with E-state index in [1.165, 1.54) is 36.0 Å². The number of nitrogens with zero attached hydrogens (tertiary/aromatic N) is 4. The Hall–Kier alpha value is -2.99. The van der Waals surface area contributed by atoms with Gasteiger partial charge in [-0.25, -0.2) is 14.2 Å². The van der Waals surface area contributed by atoms with Crippen molar-refractivity contribution < 1.29 is 23.5 Å². The molecule has 0 fully saturated rings. The average Bonchev–Trinajstić information content (AvgIpc) is 3.28. The Labute approximate surface area is 186 Å². The Balaban J connectivity index is 1.52. The topological polar surface area (TPSA) is 108 Å². The number of carbonyl (C=O) groups is 2. The summed E-state index contributed by atoms with van der Waals surface area (Å²) in [5.74, 6) is 0.0647. The number of amides is 1. The number of thioether (sulfide) groups is 1. The number of halogens is 1. The number of aryl methyl sites for hydroxylation is 1. The van der Waals surface area contributed by atoms with E-state index < -0.39 is 5.97 Å². The lowest BCUT2D eigenvalue weighted by molar-refractivity contribution is -0.113. The van der Waals surface area contributed by atoms with Gasteiger partial charge in [-0.05, 0) is 38.1 Å². The number of hydrogen-bond acceptors (Lipinski definition) is 9. The zero-order valence-corrected chi connectivity index (χ0v) is 18.7. The number of thiazole rings is 1. The second-order valence-corrected chi connectivity index (χ2v) is 8.13. The predicted octanol–water partition coefficient (Wildman–Crippen LogP) is 3.21. The van der Waals surface area contributed by atoms with Gasteiger partial charge in [-0.15, -0.1) is 10.2 Å². The highest BCUT2D eigenvalue weighted by molar-refractivity contribution is 7.99. The first-order chi connectivity index (χ1) is 14.9. The molecule has 9 nitrogen and oxygen atoms in total. The van der Waals surface area contributed by atoms with Crippen LogP contribution in [0.15, 0.2) is 29.4 Å². The van der Waals surface area contributed by atoms with Gasteiger partial charge in [0.25, 0.3) is 0 Å². The molecule has 0 aliphatic carbocycles. The fourth-order valence-corrected chi connectivity index (χ4v) is 4.00. The van der Waals surface area contributed by atoms with Crippen LogP contribution in [-0.2, 0) is 23.2 Å². The molecule has 0 aliphatic rings. The van der Waals surface area contributed by atoms with Crippen molar-refractivity contribution in [3.63, 3.8) is 0 Å². The molecule has 3 rings (SSSR count). The first-order valence-electron chi connectivity index (χ1n) is 9.21. The van der Waals surface area contributed by atoms with E-state index in [2.05, 4.69) is 20.5 Å². The maximum atomic E-state index is 13.0. The minimum Gasteiger partial charge on any atom is -0.486 e. The quantitative estimate of drug-likeness (QED) is 0.379. The Bertz CT molecular complexity index is 1070. The summed E-state index contributed by atoms with van der Waals surface area (Å²) in [4.78, 5) is 28.7. The van der Waals surface area contributed by atoms with Crippen LogP contribution >= 0.6 is 23.1 Å². The predicted molar refractivity (Wildman–Crippen MR) is 114 cm³/mol. The first-order valence-corrected chi connectivity index (χ1v) is 11.0. The van der Waals surface area contributed by atoms with E-state index in [0.29, 0.717) is 32.4 Å². The van der Waals surface area contributed by atoms with E-state index in [9.17, 15) is 14.0 Å². The van der Waals surface area contributed by atoms with Crippen molar-refractivity contribution in [3.05, 3.63) is 46.5 Å². The zero-order valence-electron chi connectivity index (χ0n) is 17.0. The van der Waals surface area contributed by atoms with E-state index in [4.69, 9.17) is 9.47 Å². The Morgan fingerprint density at radius 3 is 2.71 bits per heavy atom. The zero-order chi connectivity index (χ0) is 22.4. The number of carbonyl (C=O) groups excluding carboxylic acids is 2. The third-order valence-electron chi connectivity index (χ3n) is 3.94. The number of nitrogens with one attached hydrogen (secondary N) is 1. The highest BCUT2D eigenvalue weighted by atomic mass is 32.2. The highest BCUT2D eigenvalue weighted by Crippen LogP contribution is 2.24. The van der Waals surface area contributed by atoms with Gasteiger partial charge in [0.15, 0.2) is 16.1 Å². The van der Waals surface area contributed by atoms with Crippen LogP contribution in [0.5, 0.6) is 5.75 Å². The minimum absolute atomic E-state index is 0.0815. The van der Waals surface area contributed by atoms with Gasteiger partial charge in [-0.1, -0.05) is 23.1 Å². The third kappa shape index (κ3) is 6.01. The molecule has 12 heteroatoms. The van der Waals surface area contributed by atoms with Gasteiger partial charge in [0, 0.05) is 7.05 Å². The molecule has 3 aromatic rings. The lowest BCUT2D eigenvalue weighted by Gasteiger charge is -2.06. The SMILES string of the molecule is CCOC(=O)c1sc(NC(=O)CSc2nnc(COc3ccc(F)cc3)n2C)nc1C. The van der Waals surface area contributed by atoms with Crippen LogP contribution in [0, 0.1) is 12.7 Å². The van der Waals surface area contributed by atoms with Crippen LogP contribution in [0.4, 0.5) is 9.52 Å². The number of ether oxygens (including phenoxy) is 2. The van der Waals surface area contributed by atoms with Crippen molar-refractivity contribution in [1.29, 1.82) is 0 Å². The number of esters is 1. The summed E-state index contributed by atoms with van der Waals surface area (Å²) in [6.07, 6.45) is 0. The summed E-state index contributed by atoms with van der Waals surface area (Å²) < 4.78 is 25.2. The van der Waals surface area contributed by atoms with E-state index in [1.54, 1.807) is 25.5 Å². The van der Waals surface area contributed by atoms with Crippen molar-refractivity contribution in [1.82, 2.24) is 19.7 Å². The Kier molecular flexibility index (Phi) is 7.58. The first kappa shape index (κ1) is 22.7. The Morgan fingerprint density at radius 2 is 2.00 bits per heavy atom. The molecule has 0 aliphatic heterocycles. The van der Waals surface area contributed by atoms with Gasteiger partial charge in [-0.2, -0.15) is 0 Å². The van der Waals surface area contributed by atoms with Crippen molar-refractivity contribution in [2.24, 2.45) is 7.05 Å². The fraction of sp³-hybridized carbons (Fsp3) is 0.316. The lowest BCUT2D eigenvalue weighted by Crippen LogP contribution is -2.14. The number of aromatic nitrogens is 4. The van der Waals surface area contributed by atoms with E-state index in [-0.39, 0.29) is 30.7 Å². The van der Waals surface area contributed by atoms with Crippen molar-refractivity contribution in [2.75, 3.05) is 17.7 Å². The number of anilines is 1. The molecule has 0 spiro atoms. The number of benzene rings is 1. The summed E-state index contributed by atoms with van der Waals surface area (Å²) >= 11 is 2.27. The number of rotatable bonds is 9. The normalized spacial score (nSPS) is 10.7. The van der Waals surface area contributed by atoms with Crippen LogP contribution < -0.4 is 10.1 Å². The molecule has 2 aromatic heterocycles. The van der Waals surface area contributed by atoms with Gasteiger partial charge < -0.3 is 19.4 Å². The van der Waals surface area contributed by atoms with Gasteiger partial charge in [0.1, 0.15) is 23.1 Å². The summed E-state index contributed by atoms with van der Waals surface area (Å²) in [6, 6.07) is 5.68. The second-order valence-electron chi connectivity index (χ2n) is 6.19. The monoisotopic (exact) mass is 465 g/mol. The molecule has 0 bridgehead atoms. The van der Waals surface area contributed by atoms with Gasteiger partial charge in [0.2, 0.25) is 5.91 Å². The van der Waals surface area contributed by atoms with Crippen LogP contribution in [0.1, 0.15) is 28.1 Å². The molecule has 0 saturated heterocycles. The smallest absolute Gasteiger partial charge is 0.350 e. The second kappa shape index (κ2) is 10.4. The maximum Gasteiger partial charge on any atom is 0.350 e. The Morgan fingerprint density at radius 1 is 1.26 bits per heavy atom. The van der Waals surface area contributed by atoms with E-state index in [1.807, 2.05) is 0 Å². The van der Waals surface area contributed by atoms with Crippen LogP contribution in [-0.4, -0.2) is 44.0 Å². The van der Waals surface area contributed by atoms with Gasteiger partial charge in [-0.3, -0.25) is 4.79 Å². The molecular formula is C19H20FN5O4S2. The van der Waals surface area contributed by atoms with Crippen molar-refractivity contribution in [2.45, 2.75) is 25.6 Å². The summed E-state index contributed by atoms with van der Waals surface area (Å²) in [5.41, 5.74) is 0.505. The number of hydrogen-bond donors (Lipinski definition) is 1. The standard InChI is InChI=1S/C19H20FN5O4S2/c1-4-28-17(27)16-11(2)21-18(31-16)22-15(26)10-30-19-24-23-14(25(19)3)9-29-13-7-5-12(20)6-8-13/h5-8H,4,9-10H2,1-3H3,(H,21,22,26). The van der Waals surface area contributed by atoms with E-state index >= 15 is 0 Å². The van der Waals surface area contributed by atoms with Crippen LogP contribution in [0.3, 0.4) is 0 Å². The summed E-state index contributed by atoms with van der Waals surface area (Å²) in [6.45, 7) is 3.82. The molecule has 1 aromatic carbocycles. The molecule has 0 unspecified atom stereocenters. The van der Waals surface area contributed by atoms with Gasteiger partial charge >= 0.3 is 5.97 Å². The molecule has 0 atom stereocenters. The van der Waals surface area contributed by atoms with Crippen molar-refractivity contribution >= 4 is 40.1 Å². The fourth-order valence-electron chi connectivity index (χ4n) is 2.40. The third-order valence-corrected chi connectivity index (χ3v) is 6.02. The largest absolute Gasteiger partial charge is 0.486 e. The minimum atomic E-state index is -0.457. The maximum absolute atomic E-state index is 13.0. The molecule has 2 heterocycles. The van der Waals surface area contributed by atoms with E-state index in [0.717, 1.165) is 11.3 Å². The van der Waals surface area contributed by atoms with Gasteiger partial charge in [0.05, 0.1) is 18.1 Å². The molecule has 1 amide bonds. The lowest BCUT2D eigenvalue weighted by atomic mass is 10.3. The van der Waals surface area contributed by atoms with Crippen LogP contribution in [0.2, 0.25) is 0 Å². The highest BCUT2D eigenvalue weighted by Gasteiger charge is 2.18. The molecule has 164 valence electrons. The average molecular weight is 466 g/mol. The molecule has 31 heavy (non-hydrogen) atoms. The molecule has 1 N–H and O–H groups in total. The molecule has 0 radical (unpaired) electrons. The summed E-state index contributed by atoms with van der Waals surface area (Å²) in [5, 5.41) is 11.7. The molecular weight excluding hydrogens is 445 g/mol. The molecule has 0 saturated carbocycles. The van der Waals surface area contributed by atoms with Crippen molar-refractivity contribution in [3.8, 4) is 5.75 Å². The summed E-state index contributed by atoms with van der Waals surface area (Å²) in [7, 11) is 1.76.